The zero-order valence-corrected chi connectivity index (χ0v) is 10.5. The number of hydrogen-bond acceptors (Lipinski definition) is 4. The fourth-order valence-electron chi connectivity index (χ4n) is 1.21. The topological polar surface area (TPSA) is 78.1 Å². The Morgan fingerprint density at radius 1 is 1.28 bits per heavy atom. The molecule has 0 aliphatic rings. The maximum Gasteiger partial charge on any atom is 0.269 e. The molecule has 1 aromatic heterocycles. The zero-order valence-electron chi connectivity index (χ0n) is 8.93. The predicted octanol–water partition coefficient (Wildman–Crippen LogP) is 2.27. The van der Waals surface area contributed by atoms with Crippen molar-refractivity contribution < 1.29 is 13.9 Å². The molecule has 0 spiro atoms. The van der Waals surface area contributed by atoms with Gasteiger partial charge < -0.3 is 10.5 Å². The summed E-state index contributed by atoms with van der Waals surface area (Å²) in [6, 6.07) is 6.88. The summed E-state index contributed by atoms with van der Waals surface area (Å²) in [5, 5.41) is 7.21. The van der Waals surface area contributed by atoms with Crippen LogP contribution in [0.15, 0.2) is 34.8 Å². The van der Waals surface area contributed by atoms with E-state index in [1.165, 1.54) is 24.3 Å². The van der Waals surface area contributed by atoms with Crippen LogP contribution in [0.25, 0.3) is 0 Å². The quantitative estimate of drug-likeness (QED) is 0.943. The van der Waals surface area contributed by atoms with Crippen molar-refractivity contribution in [3.63, 3.8) is 0 Å². The molecule has 1 heterocycles. The smallest absolute Gasteiger partial charge is 0.269 e. The highest BCUT2D eigenvalue weighted by Crippen LogP contribution is 2.24. The summed E-state index contributed by atoms with van der Waals surface area (Å²) in [6.45, 7) is 0. The number of hydrogen-bond donors (Lipinski definition) is 1. The van der Waals surface area contributed by atoms with Gasteiger partial charge in [-0.2, -0.15) is 0 Å². The Morgan fingerprint density at radius 3 is 2.61 bits per heavy atom. The molecule has 0 aliphatic carbocycles. The van der Waals surface area contributed by atoms with E-state index < -0.39 is 11.7 Å². The highest BCUT2D eigenvalue weighted by Gasteiger charge is 2.06. The maximum absolute atomic E-state index is 13.1. The molecular weight excluding hydrogens is 305 g/mol. The number of aromatic nitrogens is 2. The van der Waals surface area contributed by atoms with E-state index in [0.717, 1.165) is 0 Å². The summed E-state index contributed by atoms with van der Waals surface area (Å²) < 4.78 is 18.9. The highest BCUT2D eigenvalue weighted by molar-refractivity contribution is 9.10. The Labute approximate surface area is 110 Å². The minimum absolute atomic E-state index is 0.0303. The number of carbonyl (C=O) groups excluding carboxylic acids is 1. The summed E-state index contributed by atoms with van der Waals surface area (Å²) in [5.41, 5.74) is 5.05. The van der Waals surface area contributed by atoms with E-state index in [4.69, 9.17) is 10.5 Å². The predicted molar refractivity (Wildman–Crippen MR) is 64.7 cm³/mol. The Morgan fingerprint density at radius 2 is 2.06 bits per heavy atom. The van der Waals surface area contributed by atoms with Crippen molar-refractivity contribution in [1.82, 2.24) is 10.2 Å². The summed E-state index contributed by atoms with van der Waals surface area (Å²) >= 11 is 3.14. The third-order valence-electron chi connectivity index (χ3n) is 1.95. The first-order valence-corrected chi connectivity index (χ1v) is 5.61. The molecule has 1 aromatic carbocycles. The molecule has 0 radical (unpaired) electrons. The van der Waals surface area contributed by atoms with Crippen molar-refractivity contribution in [3.8, 4) is 11.6 Å². The molecule has 2 rings (SSSR count). The lowest BCUT2D eigenvalue weighted by molar-refractivity contribution is 0.0994. The molecule has 0 bridgehead atoms. The Bertz CT molecular complexity index is 569. The molecule has 2 aromatic rings. The van der Waals surface area contributed by atoms with Crippen LogP contribution in [-0.4, -0.2) is 16.1 Å². The Hall–Kier alpha value is -2.02. The minimum Gasteiger partial charge on any atom is -0.437 e. The fourth-order valence-corrected chi connectivity index (χ4v) is 1.66. The molecule has 0 aliphatic heterocycles. The zero-order chi connectivity index (χ0) is 13.1. The van der Waals surface area contributed by atoms with Gasteiger partial charge in [-0.15, -0.1) is 10.2 Å². The van der Waals surface area contributed by atoms with Crippen molar-refractivity contribution in [2.45, 2.75) is 0 Å². The lowest BCUT2D eigenvalue weighted by Gasteiger charge is -2.04. The van der Waals surface area contributed by atoms with Gasteiger partial charge >= 0.3 is 0 Å². The number of halogens is 2. The van der Waals surface area contributed by atoms with Crippen LogP contribution < -0.4 is 10.5 Å². The van der Waals surface area contributed by atoms with Crippen molar-refractivity contribution >= 4 is 21.8 Å². The van der Waals surface area contributed by atoms with Gasteiger partial charge in [0.05, 0.1) is 0 Å². The van der Waals surface area contributed by atoms with Crippen molar-refractivity contribution in [2.75, 3.05) is 0 Å². The molecule has 0 atom stereocenters. The number of carbonyl (C=O) groups is 1. The van der Waals surface area contributed by atoms with Crippen molar-refractivity contribution in [1.29, 1.82) is 0 Å². The van der Waals surface area contributed by atoms with E-state index in [2.05, 4.69) is 26.1 Å². The molecule has 5 nitrogen and oxygen atoms in total. The summed E-state index contributed by atoms with van der Waals surface area (Å²) in [5.74, 6) is -0.718. The molecule has 7 heteroatoms. The largest absolute Gasteiger partial charge is 0.437 e. The third kappa shape index (κ3) is 3.01. The number of amides is 1. The summed E-state index contributed by atoms with van der Waals surface area (Å²) in [6.07, 6.45) is 0. The molecule has 0 saturated carbocycles. The average Bonchev–Trinajstić information content (AvgIpc) is 2.28. The van der Waals surface area contributed by atoms with Gasteiger partial charge in [0.25, 0.3) is 5.91 Å². The molecular formula is C11H7BrFN3O2. The second-order valence-corrected chi connectivity index (χ2v) is 4.24. The molecule has 0 fully saturated rings. The van der Waals surface area contributed by atoms with E-state index in [-0.39, 0.29) is 17.3 Å². The number of primary amides is 1. The van der Waals surface area contributed by atoms with Gasteiger partial charge in [0, 0.05) is 16.6 Å². The SMILES string of the molecule is NC(=O)c1ccc(Oc2cc(F)cc(Br)c2)nn1. The molecule has 1 amide bonds. The molecule has 2 N–H and O–H groups in total. The number of nitrogens with two attached hydrogens (primary N) is 1. The van der Waals surface area contributed by atoms with Crippen LogP contribution in [0.2, 0.25) is 0 Å². The summed E-state index contributed by atoms with van der Waals surface area (Å²) in [4.78, 5) is 10.8. The molecule has 0 unspecified atom stereocenters. The number of nitrogens with zero attached hydrogens (tertiary/aromatic N) is 2. The van der Waals surface area contributed by atoms with Crippen LogP contribution in [0.1, 0.15) is 10.5 Å². The normalized spacial score (nSPS) is 10.1. The maximum atomic E-state index is 13.1. The van der Waals surface area contributed by atoms with E-state index in [1.807, 2.05) is 0 Å². The Kier molecular flexibility index (Phi) is 3.52. The number of rotatable bonds is 3. The van der Waals surface area contributed by atoms with Gasteiger partial charge in [0.15, 0.2) is 5.69 Å². The van der Waals surface area contributed by atoms with Crippen LogP contribution >= 0.6 is 15.9 Å². The first kappa shape index (κ1) is 12.4. The van der Waals surface area contributed by atoms with Crippen LogP contribution in [-0.2, 0) is 0 Å². The fraction of sp³-hybridized carbons (Fsp3) is 0. The Balaban J connectivity index is 2.20. The molecule has 0 saturated heterocycles. The molecule has 18 heavy (non-hydrogen) atoms. The van der Waals surface area contributed by atoms with Crippen LogP contribution in [0.4, 0.5) is 4.39 Å². The van der Waals surface area contributed by atoms with E-state index in [0.29, 0.717) is 4.47 Å². The van der Waals surface area contributed by atoms with E-state index >= 15 is 0 Å². The number of benzene rings is 1. The van der Waals surface area contributed by atoms with Crippen molar-refractivity contribution in [2.24, 2.45) is 5.73 Å². The van der Waals surface area contributed by atoms with Crippen LogP contribution in [0, 0.1) is 5.82 Å². The monoisotopic (exact) mass is 311 g/mol. The van der Waals surface area contributed by atoms with Gasteiger partial charge in [-0.3, -0.25) is 4.79 Å². The van der Waals surface area contributed by atoms with Gasteiger partial charge in [-0.1, -0.05) is 15.9 Å². The van der Waals surface area contributed by atoms with E-state index in [9.17, 15) is 9.18 Å². The van der Waals surface area contributed by atoms with Crippen LogP contribution in [0.3, 0.4) is 0 Å². The number of ether oxygens (including phenoxy) is 1. The third-order valence-corrected chi connectivity index (χ3v) is 2.41. The van der Waals surface area contributed by atoms with Gasteiger partial charge in [-0.25, -0.2) is 4.39 Å². The second kappa shape index (κ2) is 5.09. The lowest BCUT2D eigenvalue weighted by atomic mass is 10.3. The highest BCUT2D eigenvalue weighted by atomic mass is 79.9. The summed E-state index contributed by atoms with van der Waals surface area (Å²) in [7, 11) is 0. The first-order valence-electron chi connectivity index (χ1n) is 4.82. The van der Waals surface area contributed by atoms with Gasteiger partial charge in [0.2, 0.25) is 5.88 Å². The first-order chi connectivity index (χ1) is 8.54. The van der Waals surface area contributed by atoms with E-state index in [1.54, 1.807) is 6.07 Å². The standard InChI is InChI=1S/C11H7BrFN3O2/c12-6-3-7(13)5-8(4-6)18-10-2-1-9(11(14)17)15-16-10/h1-5H,(H2,14,17). The van der Waals surface area contributed by atoms with Crippen LogP contribution in [0.5, 0.6) is 11.6 Å². The van der Waals surface area contributed by atoms with Gasteiger partial charge in [0.1, 0.15) is 11.6 Å². The van der Waals surface area contributed by atoms with Crippen molar-refractivity contribution in [3.05, 3.63) is 46.3 Å². The second-order valence-electron chi connectivity index (χ2n) is 3.33. The minimum atomic E-state index is -0.678. The average molecular weight is 312 g/mol. The van der Waals surface area contributed by atoms with Gasteiger partial charge in [-0.05, 0) is 18.2 Å². The lowest BCUT2D eigenvalue weighted by Crippen LogP contribution is -2.13. The molecule has 92 valence electrons.